The van der Waals surface area contributed by atoms with Gasteiger partial charge in [-0.2, -0.15) is 20.2 Å². The molecule has 0 aliphatic carbocycles. The first kappa shape index (κ1) is 27.2. The second-order valence-corrected chi connectivity index (χ2v) is 16.8. The minimum absolute atomic E-state index is 0.138. The summed E-state index contributed by atoms with van der Waals surface area (Å²) in [6.07, 6.45) is 1.56. The Bertz CT molecular complexity index is 1410. The van der Waals surface area contributed by atoms with Gasteiger partial charge in [-0.05, 0) is 38.9 Å². The molecule has 0 saturated carbocycles. The first-order chi connectivity index (χ1) is 17.4. The third-order valence-electron chi connectivity index (χ3n) is 5.64. The maximum Gasteiger partial charge on any atom is 0.231 e. The normalized spacial score (nSPS) is 12.6. The van der Waals surface area contributed by atoms with Crippen LogP contribution in [-0.2, 0) is 18.0 Å². The van der Waals surface area contributed by atoms with Gasteiger partial charge in [0.1, 0.15) is 29.3 Å². The average Bonchev–Trinajstić information content (AvgIpc) is 3.33. The van der Waals surface area contributed by atoms with Crippen molar-refractivity contribution in [2.75, 3.05) is 23.8 Å². The third kappa shape index (κ3) is 6.37. The van der Waals surface area contributed by atoms with E-state index in [0.29, 0.717) is 41.1 Å². The number of nitrogens with one attached hydrogen (secondary N) is 2. The zero-order valence-electron chi connectivity index (χ0n) is 22.1. The Hall–Kier alpha value is -2.80. The van der Waals surface area contributed by atoms with Crippen LogP contribution in [0.4, 0.5) is 21.8 Å². The van der Waals surface area contributed by atoms with Crippen LogP contribution in [0.2, 0.25) is 30.8 Å². The van der Waals surface area contributed by atoms with E-state index in [1.807, 2.05) is 6.92 Å². The lowest BCUT2D eigenvalue weighted by Gasteiger charge is -2.17. The summed E-state index contributed by atoms with van der Waals surface area (Å²) >= 11 is 6.47. The third-order valence-corrected chi connectivity index (χ3v) is 7.61. The highest BCUT2D eigenvalue weighted by atomic mass is 35.5. The van der Waals surface area contributed by atoms with Gasteiger partial charge < -0.3 is 20.5 Å². The highest BCUT2D eigenvalue weighted by Gasteiger charge is 2.21. The fourth-order valence-corrected chi connectivity index (χ4v) is 4.90. The number of fused-ring (bicyclic) bond motifs is 2. The van der Waals surface area contributed by atoms with E-state index in [1.165, 1.54) is 10.7 Å². The summed E-state index contributed by atoms with van der Waals surface area (Å²) in [6.45, 7) is 13.7. The molecule has 0 saturated heterocycles. The van der Waals surface area contributed by atoms with Crippen molar-refractivity contribution in [3.63, 3.8) is 0 Å². The summed E-state index contributed by atoms with van der Waals surface area (Å²) in [4.78, 5) is 9.30. The smallest absolute Gasteiger partial charge is 0.231 e. The fourth-order valence-electron chi connectivity index (χ4n) is 3.88. The highest BCUT2D eigenvalue weighted by molar-refractivity contribution is 6.76. The lowest BCUT2D eigenvalue weighted by molar-refractivity contribution is 0.0590. The average molecular weight is 549 g/mol. The van der Waals surface area contributed by atoms with Crippen molar-refractivity contribution in [1.82, 2.24) is 29.5 Å². The van der Waals surface area contributed by atoms with Crippen LogP contribution >= 0.6 is 11.6 Å². The van der Waals surface area contributed by atoms with Gasteiger partial charge in [0.05, 0.1) is 24.0 Å². The van der Waals surface area contributed by atoms with Crippen molar-refractivity contribution < 1.29 is 14.2 Å². The fraction of sp³-hybridized carbons (Fsp3) is 0.500. The van der Waals surface area contributed by atoms with E-state index in [-0.39, 0.29) is 29.9 Å². The van der Waals surface area contributed by atoms with Gasteiger partial charge in [0.15, 0.2) is 10.8 Å². The topological polar surface area (TPSA) is 115 Å². The van der Waals surface area contributed by atoms with Crippen LogP contribution < -0.4 is 10.6 Å². The molecule has 1 aromatic carbocycles. The largest absolute Gasteiger partial charge is 0.389 e. The van der Waals surface area contributed by atoms with E-state index >= 15 is 0 Å². The molecule has 4 aromatic rings. The number of rotatable bonds is 11. The molecule has 0 bridgehead atoms. The lowest BCUT2D eigenvalue weighted by Crippen LogP contribution is -2.26. The zero-order chi connectivity index (χ0) is 27.0. The molecule has 0 aliphatic heterocycles. The van der Waals surface area contributed by atoms with E-state index in [4.69, 9.17) is 16.3 Å². The van der Waals surface area contributed by atoms with Gasteiger partial charge in [-0.25, -0.2) is 9.07 Å². The molecule has 3 N–H and O–H groups in total. The first-order valence-electron chi connectivity index (χ1n) is 12.3. The SMILES string of the molecule is CCNc1nc(Nc2ccc(F)c3c2cnn3CC(C)(C)O)nc2c1c(Cl)nn2COCC[Si](C)(C)C. The summed E-state index contributed by atoms with van der Waals surface area (Å²) < 4.78 is 23.7. The molecule has 0 aliphatic rings. The quantitative estimate of drug-likeness (QED) is 0.172. The van der Waals surface area contributed by atoms with Gasteiger partial charge in [-0.15, -0.1) is 0 Å². The number of aromatic nitrogens is 6. The molecule has 0 radical (unpaired) electrons. The Morgan fingerprint density at radius 1 is 1.19 bits per heavy atom. The number of halogens is 2. The zero-order valence-corrected chi connectivity index (χ0v) is 23.8. The van der Waals surface area contributed by atoms with Crippen LogP contribution in [0.15, 0.2) is 18.3 Å². The van der Waals surface area contributed by atoms with Crippen LogP contribution in [0.5, 0.6) is 0 Å². The van der Waals surface area contributed by atoms with Crippen molar-refractivity contribution in [3.05, 3.63) is 29.3 Å². The summed E-state index contributed by atoms with van der Waals surface area (Å²) in [5.74, 6) is 0.378. The van der Waals surface area contributed by atoms with Crippen molar-refractivity contribution >= 4 is 59.1 Å². The molecular weight excluding hydrogens is 515 g/mol. The van der Waals surface area contributed by atoms with E-state index in [0.717, 1.165) is 6.04 Å². The van der Waals surface area contributed by atoms with Gasteiger partial charge in [0.25, 0.3) is 0 Å². The number of anilines is 3. The maximum atomic E-state index is 14.8. The van der Waals surface area contributed by atoms with Crippen molar-refractivity contribution in [2.45, 2.75) is 65.3 Å². The van der Waals surface area contributed by atoms with E-state index in [2.05, 4.69) is 50.4 Å². The van der Waals surface area contributed by atoms with Gasteiger partial charge in [-0.3, -0.25) is 4.68 Å². The molecule has 200 valence electrons. The van der Waals surface area contributed by atoms with Crippen molar-refractivity contribution in [1.29, 1.82) is 0 Å². The molecule has 0 unspecified atom stereocenters. The molecule has 0 spiro atoms. The second-order valence-electron chi connectivity index (χ2n) is 10.9. The number of benzene rings is 1. The van der Waals surface area contributed by atoms with Crippen LogP contribution in [-0.4, -0.2) is 61.5 Å². The molecule has 0 amide bonds. The molecule has 37 heavy (non-hydrogen) atoms. The van der Waals surface area contributed by atoms with Crippen LogP contribution in [0, 0.1) is 5.82 Å². The predicted octanol–water partition coefficient (Wildman–Crippen LogP) is 5.23. The molecule has 3 aromatic heterocycles. The lowest BCUT2D eigenvalue weighted by atomic mass is 10.1. The van der Waals surface area contributed by atoms with Gasteiger partial charge in [0, 0.05) is 26.6 Å². The molecule has 4 rings (SSSR count). The Kier molecular flexibility index (Phi) is 7.74. The van der Waals surface area contributed by atoms with E-state index < -0.39 is 19.5 Å². The van der Waals surface area contributed by atoms with E-state index in [9.17, 15) is 9.50 Å². The summed E-state index contributed by atoms with van der Waals surface area (Å²) in [5.41, 5.74) is 0.314. The number of hydrogen-bond acceptors (Lipinski definition) is 8. The van der Waals surface area contributed by atoms with Crippen LogP contribution in [0.25, 0.3) is 21.9 Å². The Morgan fingerprint density at radius 3 is 2.62 bits per heavy atom. The standard InChI is InChI=1S/C24H34ClFN8O2Si/c1-7-27-21-18-20(25)32-34(14-36-10-11-37(4,5)6)22(18)31-23(30-21)29-17-9-8-16(26)19-15(17)12-28-33(19)13-24(2,3)35/h8-9,12,35H,7,10-11,13-14H2,1-6H3,(H2,27,29,30,31). The second kappa shape index (κ2) is 10.5. The molecular formula is C24H34ClFN8O2Si. The number of aliphatic hydroxyl groups is 1. The Labute approximate surface area is 221 Å². The van der Waals surface area contributed by atoms with E-state index in [1.54, 1.807) is 30.8 Å². The van der Waals surface area contributed by atoms with Crippen molar-refractivity contribution in [3.8, 4) is 0 Å². The van der Waals surface area contributed by atoms with Crippen LogP contribution in [0.1, 0.15) is 20.8 Å². The molecule has 10 nitrogen and oxygen atoms in total. The van der Waals surface area contributed by atoms with Crippen LogP contribution in [0.3, 0.4) is 0 Å². The number of hydrogen-bond donors (Lipinski definition) is 3. The maximum absolute atomic E-state index is 14.8. The monoisotopic (exact) mass is 548 g/mol. The highest BCUT2D eigenvalue weighted by Crippen LogP contribution is 2.32. The number of nitrogens with zero attached hydrogens (tertiary/aromatic N) is 6. The molecule has 3 heterocycles. The van der Waals surface area contributed by atoms with Crippen molar-refractivity contribution in [2.24, 2.45) is 0 Å². The summed E-state index contributed by atoms with van der Waals surface area (Å²) in [6, 6.07) is 3.99. The van der Waals surface area contributed by atoms with Gasteiger partial charge in [0.2, 0.25) is 5.95 Å². The number of ether oxygens (including phenoxy) is 1. The minimum Gasteiger partial charge on any atom is -0.389 e. The predicted molar refractivity (Wildman–Crippen MR) is 148 cm³/mol. The molecule has 0 atom stereocenters. The first-order valence-corrected chi connectivity index (χ1v) is 16.3. The molecule has 0 fully saturated rings. The summed E-state index contributed by atoms with van der Waals surface area (Å²) in [5, 5.41) is 26.8. The Morgan fingerprint density at radius 2 is 1.95 bits per heavy atom. The van der Waals surface area contributed by atoms with Gasteiger partial charge in [-0.1, -0.05) is 31.2 Å². The van der Waals surface area contributed by atoms with Gasteiger partial charge >= 0.3 is 0 Å². The molecule has 13 heteroatoms. The minimum atomic E-state index is -1.23. The summed E-state index contributed by atoms with van der Waals surface area (Å²) in [7, 11) is -1.23. The Balaban J connectivity index is 1.70.